The molecule has 0 spiro atoms. The Kier molecular flexibility index (Phi) is 4.32. The van der Waals surface area contributed by atoms with Crippen LogP contribution in [0.3, 0.4) is 0 Å². The molecule has 7 heteroatoms. The van der Waals surface area contributed by atoms with E-state index >= 15 is 0 Å². The first-order valence-electron chi connectivity index (χ1n) is 6.49. The summed E-state index contributed by atoms with van der Waals surface area (Å²) in [6.07, 6.45) is 1.50. The summed E-state index contributed by atoms with van der Waals surface area (Å²) >= 11 is 0. The van der Waals surface area contributed by atoms with E-state index in [9.17, 15) is 9.59 Å². The van der Waals surface area contributed by atoms with Crippen LogP contribution in [-0.4, -0.2) is 26.8 Å². The fraction of sp³-hybridized carbons (Fsp3) is 0.286. The molecule has 0 radical (unpaired) electrons. The van der Waals surface area contributed by atoms with E-state index < -0.39 is 0 Å². The summed E-state index contributed by atoms with van der Waals surface area (Å²) in [5, 5.41) is 12.8. The minimum absolute atomic E-state index is 0.0277. The third-order valence-electron chi connectivity index (χ3n) is 2.80. The zero-order chi connectivity index (χ0) is 15.4. The topological polar surface area (TPSA) is 88.9 Å². The van der Waals surface area contributed by atoms with Crippen molar-refractivity contribution in [2.24, 2.45) is 0 Å². The molecule has 110 valence electrons. The molecular formula is C14H17N5O2. The molecule has 0 saturated heterocycles. The Morgan fingerprint density at radius 2 is 2.00 bits per heavy atom. The van der Waals surface area contributed by atoms with Gasteiger partial charge in [-0.1, -0.05) is 22.9 Å². The monoisotopic (exact) mass is 287 g/mol. The van der Waals surface area contributed by atoms with Gasteiger partial charge in [-0.15, -0.1) is 5.10 Å². The van der Waals surface area contributed by atoms with Gasteiger partial charge in [0.05, 0.1) is 6.20 Å². The van der Waals surface area contributed by atoms with Crippen LogP contribution >= 0.6 is 0 Å². The van der Waals surface area contributed by atoms with Gasteiger partial charge in [-0.05, 0) is 25.5 Å². The minimum atomic E-state index is -0.234. The summed E-state index contributed by atoms with van der Waals surface area (Å²) in [6, 6.07) is 5.81. The normalized spacial score (nSPS) is 10.2. The summed E-state index contributed by atoms with van der Waals surface area (Å²) in [6.45, 7) is 5.34. The Bertz CT molecular complexity index is 678. The highest BCUT2D eigenvalue weighted by Crippen LogP contribution is 2.15. The van der Waals surface area contributed by atoms with Crippen molar-refractivity contribution in [3.05, 3.63) is 35.5 Å². The summed E-state index contributed by atoms with van der Waals surface area (Å²) < 4.78 is 1.37. The van der Waals surface area contributed by atoms with E-state index in [0.29, 0.717) is 5.82 Å². The molecular weight excluding hydrogens is 270 g/mol. The summed E-state index contributed by atoms with van der Waals surface area (Å²) in [7, 11) is 0. The number of nitrogens with zero attached hydrogens (tertiary/aromatic N) is 3. The van der Waals surface area contributed by atoms with Crippen LogP contribution in [0.2, 0.25) is 0 Å². The van der Waals surface area contributed by atoms with Crippen LogP contribution in [0.1, 0.15) is 18.1 Å². The first-order valence-corrected chi connectivity index (χ1v) is 6.49. The second kappa shape index (κ2) is 6.17. The van der Waals surface area contributed by atoms with Gasteiger partial charge in [0.15, 0.2) is 5.82 Å². The lowest BCUT2D eigenvalue weighted by atomic mass is 10.1. The number of amides is 2. The van der Waals surface area contributed by atoms with E-state index in [-0.39, 0.29) is 18.4 Å². The van der Waals surface area contributed by atoms with Crippen LogP contribution in [-0.2, 0) is 16.1 Å². The molecule has 0 aliphatic carbocycles. The molecule has 0 unspecified atom stereocenters. The number of hydrogen-bond donors (Lipinski definition) is 2. The standard InChI is InChI=1S/C14H17N5O2/c1-9-4-5-12(10(2)6-9)16-14(21)8-19-7-13(17-18-19)15-11(3)20/h4-7H,8H2,1-3H3,(H,15,20)(H,16,21). The quantitative estimate of drug-likeness (QED) is 0.891. The molecule has 0 aliphatic heterocycles. The molecule has 1 aromatic carbocycles. The molecule has 2 N–H and O–H groups in total. The molecule has 1 aromatic heterocycles. The van der Waals surface area contributed by atoms with Crippen molar-refractivity contribution >= 4 is 23.3 Å². The molecule has 2 aromatic rings. The van der Waals surface area contributed by atoms with Crippen molar-refractivity contribution in [1.82, 2.24) is 15.0 Å². The molecule has 2 rings (SSSR count). The molecule has 0 fully saturated rings. The van der Waals surface area contributed by atoms with Gasteiger partial charge in [0.2, 0.25) is 11.8 Å². The number of carbonyl (C=O) groups excluding carboxylic acids is 2. The predicted octanol–water partition coefficient (Wildman–Crippen LogP) is 1.49. The first kappa shape index (κ1) is 14.7. The number of aryl methyl sites for hydroxylation is 2. The minimum Gasteiger partial charge on any atom is -0.324 e. The van der Waals surface area contributed by atoms with E-state index in [1.54, 1.807) is 0 Å². The van der Waals surface area contributed by atoms with Crippen LogP contribution in [0.25, 0.3) is 0 Å². The Balaban J connectivity index is 1.98. The third kappa shape index (κ3) is 4.13. The average molecular weight is 287 g/mol. The van der Waals surface area contributed by atoms with E-state index in [0.717, 1.165) is 16.8 Å². The van der Waals surface area contributed by atoms with Gasteiger partial charge < -0.3 is 10.6 Å². The lowest BCUT2D eigenvalue weighted by Crippen LogP contribution is -2.19. The number of anilines is 2. The van der Waals surface area contributed by atoms with Gasteiger partial charge in [0.1, 0.15) is 6.54 Å². The zero-order valence-corrected chi connectivity index (χ0v) is 12.2. The second-order valence-corrected chi connectivity index (χ2v) is 4.85. The highest BCUT2D eigenvalue weighted by Gasteiger charge is 2.08. The first-order chi connectivity index (χ1) is 9.94. The van der Waals surface area contributed by atoms with Crippen LogP contribution in [0, 0.1) is 13.8 Å². The van der Waals surface area contributed by atoms with Gasteiger partial charge in [-0.2, -0.15) is 0 Å². The zero-order valence-electron chi connectivity index (χ0n) is 12.2. The summed E-state index contributed by atoms with van der Waals surface area (Å²) in [5.74, 6) is -0.121. The Hall–Kier alpha value is -2.70. The van der Waals surface area contributed by atoms with Crippen LogP contribution in [0.4, 0.5) is 11.5 Å². The number of aromatic nitrogens is 3. The second-order valence-electron chi connectivity index (χ2n) is 4.85. The van der Waals surface area contributed by atoms with Gasteiger partial charge in [0.25, 0.3) is 0 Å². The van der Waals surface area contributed by atoms with Crippen LogP contribution in [0.15, 0.2) is 24.4 Å². The molecule has 0 saturated carbocycles. The smallest absolute Gasteiger partial charge is 0.246 e. The highest BCUT2D eigenvalue weighted by atomic mass is 16.2. The molecule has 2 amide bonds. The molecule has 1 heterocycles. The Morgan fingerprint density at radius 3 is 2.67 bits per heavy atom. The van der Waals surface area contributed by atoms with Gasteiger partial charge in [-0.3, -0.25) is 9.59 Å². The van der Waals surface area contributed by atoms with E-state index in [1.165, 1.54) is 17.8 Å². The molecule has 7 nitrogen and oxygen atoms in total. The fourth-order valence-electron chi connectivity index (χ4n) is 1.90. The van der Waals surface area contributed by atoms with E-state index in [2.05, 4.69) is 20.9 Å². The molecule has 0 bridgehead atoms. The van der Waals surface area contributed by atoms with E-state index in [1.807, 2.05) is 32.0 Å². The molecule has 21 heavy (non-hydrogen) atoms. The highest BCUT2D eigenvalue weighted by molar-refractivity contribution is 5.91. The predicted molar refractivity (Wildman–Crippen MR) is 78.9 cm³/mol. The molecule has 0 atom stereocenters. The van der Waals surface area contributed by atoms with Crippen LogP contribution in [0.5, 0.6) is 0 Å². The van der Waals surface area contributed by atoms with Gasteiger partial charge in [0, 0.05) is 12.6 Å². The maximum Gasteiger partial charge on any atom is 0.246 e. The Labute approximate surface area is 122 Å². The van der Waals surface area contributed by atoms with Crippen molar-refractivity contribution in [3.8, 4) is 0 Å². The van der Waals surface area contributed by atoms with Crippen molar-refractivity contribution in [2.45, 2.75) is 27.3 Å². The number of carbonyl (C=O) groups is 2. The largest absolute Gasteiger partial charge is 0.324 e. The molecule has 0 aliphatic rings. The van der Waals surface area contributed by atoms with Crippen molar-refractivity contribution in [1.29, 1.82) is 0 Å². The summed E-state index contributed by atoms with van der Waals surface area (Å²) in [4.78, 5) is 22.8. The van der Waals surface area contributed by atoms with Crippen molar-refractivity contribution in [3.63, 3.8) is 0 Å². The van der Waals surface area contributed by atoms with Crippen molar-refractivity contribution < 1.29 is 9.59 Å². The lowest BCUT2D eigenvalue weighted by Gasteiger charge is -2.08. The number of benzene rings is 1. The number of nitrogens with one attached hydrogen (secondary N) is 2. The van der Waals surface area contributed by atoms with Crippen molar-refractivity contribution in [2.75, 3.05) is 10.6 Å². The number of rotatable bonds is 4. The van der Waals surface area contributed by atoms with Crippen LogP contribution < -0.4 is 10.6 Å². The summed E-state index contributed by atoms with van der Waals surface area (Å²) in [5.41, 5.74) is 2.91. The lowest BCUT2D eigenvalue weighted by molar-refractivity contribution is -0.117. The third-order valence-corrected chi connectivity index (χ3v) is 2.80. The van der Waals surface area contributed by atoms with Gasteiger partial charge >= 0.3 is 0 Å². The van der Waals surface area contributed by atoms with Gasteiger partial charge in [-0.25, -0.2) is 4.68 Å². The number of hydrogen-bond acceptors (Lipinski definition) is 4. The maximum atomic E-state index is 12.0. The average Bonchev–Trinajstić information content (AvgIpc) is 2.79. The Morgan fingerprint density at radius 1 is 1.24 bits per heavy atom. The maximum absolute atomic E-state index is 12.0. The SMILES string of the molecule is CC(=O)Nc1cn(CC(=O)Nc2ccc(C)cc2C)nn1. The van der Waals surface area contributed by atoms with E-state index in [4.69, 9.17) is 0 Å². The fourth-order valence-corrected chi connectivity index (χ4v) is 1.90.